The molecule has 1 saturated heterocycles. The quantitative estimate of drug-likeness (QED) is 0.102. The van der Waals surface area contributed by atoms with E-state index in [0.717, 1.165) is 16.6 Å². The van der Waals surface area contributed by atoms with E-state index < -0.39 is 9.85 Å². The smallest absolute Gasteiger partial charge is 0.269 e. The van der Waals surface area contributed by atoms with Crippen LogP contribution in [0.5, 0.6) is 0 Å². The lowest BCUT2D eigenvalue weighted by atomic mass is 10.2. The van der Waals surface area contributed by atoms with Gasteiger partial charge in [-0.2, -0.15) is 15.0 Å². The van der Waals surface area contributed by atoms with Crippen LogP contribution in [-0.4, -0.2) is 66.0 Å². The van der Waals surface area contributed by atoms with Gasteiger partial charge in [0.1, 0.15) is 0 Å². The summed E-state index contributed by atoms with van der Waals surface area (Å²) in [6, 6.07) is 19.1. The molecule has 0 spiro atoms. The zero-order valence-corrected chi connectivity index (χ0v) is 25.4. The number of hydrogen-bond acceptors (Lipinski definition) is 12. The molecule has 3 aromatic carbocycles. The Bertz CT molecular complexity index is 1860. The molecule has 2 aromatic heterocycles. The van der Waals surface area contributed by atoms with Gasteiger partial charge >= 0.3 is 0 Å². The molecule has 0 amide bonds. The number of piperazine rings is 1. The lowest BCUT2D eigenvalue weighted by Gasteiger charge is -2.36. The van der Waals surface area contributed by atoms with Crippen molar-refractivity contribution in [3.63, 3.8) is 0 Å². The normalized spacial score (nSPS) is 12.9. The van der Waals surface area contributed by atoms with Crippen molar-refractivity contribution in [2.45, 2.75) is 0 Å². The van der Waals surface area contributed by atoms with Crippen LogP contribution in [0.4, 0.5) is 46.3 Å². The van der Waals surface area contributed by atoms with Crippen LogP contribution in [0, 0.1) is 20.2 Å². The fourth-order valence-electron chi connectivity index (χ4n) is 4.74. The molecular weight excluding hydrogens is 634 g/mol. The summed E-state index contributed by atoms with van der Waals surface area (Å²) in [7, 11) is 0. The average Bonchev–Trinajstić information content (AvgIpc) is 3.05. The van der Waals surface area contributed by atoms with Crippen molar-refractivity contribution in [2.24, 2.45) is 0 Å². The van der Waals surface area contributed by atoms with Gasteiger partial charge in [-0.05, 0) is 60.7 Å². The second-order valence-corrected chi connectivity index (χ2v) is 10.9. The summed E-state index contributed by atoms with van der Waals surface area (Å²) >= 11 is 11.9. The van der Waals surface area contributed by atoms with Crippen molar-refractivity contribution < 1.29 is 9.85 Å². The molecule has 1 aliphatic heterocycles. The first-order valence-corrected chi connectivity index (χ1v) is 14.6. The van der Waals surface area contributed by atoms with E-state index in [2.05, 4.69) is 40.8 Å². The van der Waals surface area contributed by atoms with E-state index >= 15 is 0 Å². The number of anilines is 6. The Morgan fingerprint density at radius 2 is 1.35 bits per heavy atom. The van der Waals surface area contributed by atoms with E-state index in [1.165, 1.54) is 24.3 Å². The van der Waals surface area contributed by atoms with Crippen LogP contribution in [0.25, 0.3) is 10.9 Å². The predicted octanol–water partition coefficient (Wildman–Crippen LogP) is 5.90. The summed E-state index contributed by atoms with van der Waals surface area (Å²) in [6.07, 6.45) is 1.70. The van der Waals surface area contributed by atoms with Crippen molar-refractivity contribution in [3.8, 4) is 0 Å². The maximum atomic E-state index is 11.1. The number of aromatic nitrogens is 4. The predicted molar refractivity (Wildman–Crippen MR) is 179 cm³/mol. The first kappa shape index (κ1) is 30.3. The maximum Gasteiger partial charge on any atom is 0.269 e. The standard InChI is InChI=1S/C29H24ClN11O4S/c30-18-1-10-23-24(11-12-31-25(23)17-18)34-29(46)39-15-13-38(14-16-39)28-36-26(32-19-2-6-21(7-3-19)40(42)43)35-27(37-28)33-20-4-8-22(9-5-20)41(44)45/h1-12,17H,13-16H2,(H,31,34,46)(H2,32,33,35,36,37). The van der Waals surface area contributed by atoms with Crippen molar-refractivity contribution in [1.82, 2.24) is 24.8 Å². The Morgan fingerprint density at radius 1 is 0.783 bits per heavy atom. The van der Waals surface area contributed by atoms with Crippen LogP contribution in [0.2, 0.25) is 5.02 Å². The monoisotopic (exact) mass is 657 g/mol. The topological polar surface area (TPSA) is 180 Å². The molecule has 0 unspecified atom stereocenters. The fourth-order valence-corrected chi connectivity index (χ4v) is 5.20. The molecular formula is C29H24ClN11O4S. The highest BCUT2D eigenvalue weighted by Gasteiger charge is 2.23. The molecule has 0 atom stereocenters. The largest absolute Gasteiger partial charge is 0.345 e. The number of nitrogens with one attached hydrogen (secondary N) is 3. The van der Waals surface area contributed by atoms with Crippen LogP contribution in [-0.2, 0) is 0 Å². The summed E-state index contributed by atoms with van der Waals surface area (Å²) in [6.45, 7) is 2.27. The highest BCUT2D eigenvalue weighted by atomic mass is 35.5. The van der Waals surface area contributed by atoms with E-state index in [1.54, 1.807) is 36.5 Å². The molecule has 6 rings (SSSR count). The number of pyridine rings is 1. The number of hydrogen-bond donors (Lipinski definition) is 3. The molecule has 5 aromatic rings. The van der Waals surface area contributed by atoms with Gasteiger partial charge in [-0.1, -0.05) is 11.6 Å². The average molecular weight is 658 g/mol. The van der Waals surface area contributed by atoms with Gasteiger partial charge in [0, 0.05) is 78.4 Å². The Morgan fingerprint density at radius 3 is 1.89 bits per heavy atom. The van der Waals surface area contributed by atoms with Crippen LogP contribution in [0.3, 0.4) is 0 Å². The van der Waals surface area contributed by atoms with E-state index in [1.807, 2.05) is 23.1 Å². The molecule has 3 N–H and O–H groups in total. The molecule has 0 bridgehead atoms. The molecule has 1 aliphatic rings. The molecule has 3 heterocycles. The summed E-state index contributed by atoms with van der Waals surface area (Å²) < 4.78 is 0. The molecule has 17 heteroatoms. The third-order valence-corrected chi connectivity index (χ3v) is 7.68. The van der Waals surface area contributed by atoms with Crippen LogP contribution in [0.15, 0.2) is 79.0 Å². The lowest BCUT2D eigenvalue weighted by molar-refractivity contribution is -0.385. The number of benzene rings is 3. The van der Waals surface area contributed by atoms with Crippen molar-refractivity contribution in [2.75, 3.05) is 47.0 Å². The SMILES string of the molecule is O=[N+]([O-])c1ccc(Nc2nc(Nc3ccc([N+](=O)[O-])cc3)nc(N3CCN(C(=S)Nc4ccnc5cc(Cl)ccc45)CC3)n2)cc1. The minimum atomic E-state index is -0.479. The van der Waals surface area contributed by atoms with Crippen molar-refractivity contribution in [1.29, 1.82) is 0 Å². The maximum absolute atomic E-state index is 11.1. The highest BCUT2D eigenvalue weighted by molar-refractivity contribution is 7.80. The van der Waals surface area contributed by atoms with Gasteiger partial charge in [0.05, 0.1) is 21.1 Å². The van der Waals surface area contributed by atoms with E-state index in [4.69, 9.17) is 23.8 Å². The zero-order chi connectivity index (χ0) is 32.2. The molecule has 15 nitrogen and oxygen atoms in total. The second kappa shape index (κ2) is 13.1. The number of nitro groups is 2. The van der Waals surface area contributed by atoms with Gasteiger partial charge in [0.15, 0.2) is 5.11 Å². The molecule has 1 fully saturated rings. The molecule has 0 radical (unpaired) electrons. The van der Waals surface area contributed by atoms with Gasteiger partial charge in [-0.15, -0.1) is 0 Å². The van der Waals surface area contributed by atoms with Gasteiger partial charge in [0.2, 0.25) is 17.8 Å². The van der Waals surface area contributed by atoms with Crippen molar-refractivity contribution >= 4 is 86.1 Å². The number of halogens is 1. The van der Waals surface area contributed by atoms with Gasteiger partial charge in [-0.25, -0.2) is 0 Å². The first-order valence-electron chi connectivity index (χ1n) is 13.9. The minimum Gasteiger partial charge on any atom is -0.345 e. The lowest BCUT2D eigenvalue weighted by Crippen LogP contribution is -2.50. The molecule has 0 aliphatic carbocycles. The summed E-state index contributed by atoms with van der Waals surface area (Å²) in [4.78, 5) is 43.3. The Balaban J connectivity index is 1.19. The Kier molecular flexibility index (Phi) is 8.62. The third kappa shape index (κ3) is 6.98. The van der Waals surface area contributed by atoms with Gasteiger partial charge in [-0.3, -0.25) is 25.2 Å². The summed E-state index contributed by atoms with van der Waals surface area (Å²) in [5, 5.41) is 33.7. The third-order valence-electron chi connectivity index (χ3n) is 7.09. The van der Waals surface area contributed by atoms with Crippen LogP contribution >= 0.6 is 23.8 Å². The highest BCUT2D eigenvalue weighted by Crippen LogP contribution is 2.26. The van der Waals surface area contributed by atoms with Crippen LogP contribution in [0.1, 0.15) is 0 Å². The Labute approximate surface area is 271 Å². The number of nitrogens with zero attached hydrogens (tertiary/aromatic N) is 8. The van der Waals surface area contributed by atoms with Crippen LogP contribution < -0.4 is 20.9 Å². The number of nitro benzene ring substituents is 2. The first-order chi connectivity index (χ1) is 22.2. The fraction of sp³-hybridized carbons (Fsp3) is 0.138. The van der Waals surface area contributed by atoms with E-state index in [9.17, 15) is 20.2 Å². The van der Waals surface area contributed by atoms with E-state index in [-0.39, 0.29) is 23.3 Å². The van der Waals surface area contributed by atoms with Gasteiger partial charge in [0.25, 0.3) is 11.4 Å². The number of rotatable bonds is 8. The summed E-state index contributed by atoms with van der Waals surface area (Å²) in [5.74, 6) is 0.791. The zero-order valence-electron chi connectivity index (χ0n) is 23.8. The summed E-state index contributed by atoms with van der Waals surface area (Å²) in [5.41, 5.74) is 2.57. The number of thiocarbonyl (C=S) groups is 1. The number of non-ortho nitro benzene ring substituents is 2. The minimum absolute atomic E-state index is 0.0470. The number of fused-ring (bicyclic) bond motifs is 1. The van der Waals surface area contributed by atoms with Crippen molar-refractivity contribution in [3.05, 3.63) is 104 Å². The van der Waals surface area contributed by atoms with E-state index in [0.29, 0.717) is 53.6 Å². The second-order valence-electron chi connectivity index (χ2n) is 10.1. The molecule has 46 heavy (non-hydrogen) atoms. The van der Waals surface area contributed by atoms with Gasteiger partial charge < -0.3 is 25.8 Å². The molecule has 232 valence electrons. The Hall–Kier alpha value is -5.74. The molecule has 0 saturated carbocycles.